The van der Waals surface area contributed by atoms with Gasteiger partial charge in [0.15, 0.2) is 5.78 Å². The lowest BCUT2D eigenvalue weighted by Crippen LogP contribution is -2.51. The van der Waals surface area contributed by atoms with Gasteiger partial charge in [0, 0.05) is 12.7 Å². The van der Waals surface area contributed by atoms with Gasteiger partial charge in [0.1, 0.15) is 12.1 Å². The van der Waals surface area contributed by atoms with Crippen molar-refractivity contribution < 1.29 is 14.7 Å². The van der Waals surface area contributed by atoms with Crippen molar-refractivity contribution in [3.8, 4) is 0 Å². The standard InChI is InChI=1S/C17H15ClN2O3/c1-20-12-9-5-8-11(18)13(12)15(21)14(17(20)23)16(22)19-10-6-3-2-4-7-10/h2-9,14,17,23H,1H3,(H,19,22). The Balaban J connectivity index is 1.95. The molecular weight excluding hydrogens is 316 g/mol. The second-order valence-corrected chi connectivity index (χ2v) is 5.76. The number of hydrogen-bond donors (Lipinski definition) is 2. The molecule has 0 bridgehead atoms. The largest absolute Gasteiger partial charge is 0.372 e. The highest BCUT2D eigenvalue weighted by Gasteiger charge is 2.43. The maximum atomic E-state index is 12.7. The van der Waals surface area contributed by atoms with Gasteiger partial charge < -0.3 is 15.3 Å². The third kappa shape index (κ3) is 2.69. The number of rotatable bonds is 2. The van der Waals surface area contributed by atoms with E-state index in [-0.39, 0.29) is 10.6 Å². The van der Waals surface area contributed by atoms with E-state index in [2.05, 4.69) is 5.32 Å². The van der Waals surface area contributed by atoms with Crippen LogP contribution < -0.4 is 10.2 Å². The summed E-state index contributed by atoms with van der Waals surface area (Å²) in [7, 11) is 1.62. The van der Waals surface area contributed by atoms with Gasteiger partial charge in [-0.3, -0.25) is 9.59 Å². The molecule has 1 aliphatic heterocycles. The third-order valence-corrected chi connectivity index (χ3v) is 4.23. The van der Waals surface area contributed by atoms with Gasteiger partial charge in [-0.25, -0.2) is 0 Å². The molecule has 2 N–H and O–H groups in total. The van der Waals surface area contributed by atoms with Crippen LogP contribution in [0.25, 0.3) is 0 Å². The Kier molecular flexibility index (Phi) is 4.07. The Morgan fingerprint density at radius 1 is 1.17 bits per heavy atom. The average Bonchev–Trinajstić information content (AvgIpc) is 2.53. The van der Waals surface area contributed by atoms with Gasteiger partial charge in [0.25, 0.3) is 0 Å². The Labute approximate surface area is 138 Å². The number of benzene rings is 2. The van der Waals surface area contributed by atoms with Crippen molar-refractivity contribution in [2.45, 2.75) is 6.23 Å². The summed E-state index contributed by atoms with van der Waals surface area (Å²) < 4.78 is 0. The van der Waals surface area contributed by atoms with Gasteiger partial charge in [-0.2, -0.15) is 0 Å². The molecular formula is C17H15ClN2O3. The number of ketones is 1. The van der Waals surface area contributed by atoms with Gasteiger partial charge in [0.05, 0.1) is 16.3 Å². The second-order valence-electron chi connectivity index (χ2n) is 5.36. The van der Waals surface area contributed by atoms with Crippen molar-refractivity contribution >= 4 is 34.7 Å². The number of halogens is 1. The topological polar surface area (TPSA) is 69.6 Å². The van der Waals surface area contributed by atoms with Crippen LogP contribution in [0.2, 0.25) is 5.02 Å². The summed E-state index contributed by atoms with van der Waals surface area (Å²) in [6, 6.07) is 13.8. The number of Topliss-reactive ketones (excluding diaryl/α,β-unsaturated/α-hetero) is 1. The number of amides is 1. The minimum Gasteiger partial charge on any atom is -0.372 e. The van der Waals surface area contributed by atoms with Crippen LogP contribution in [0, 0.1) is 5.92 Å². The normalized spacial score (nSPS) is 20.1. The highest BCUT2D eigenvalue weighted by Crippen LogP contribution is 2.36. The summed E-state index contributed by atoms with van der Waals surface area (Å²) in [6.45, 7) is 0. The van der Waals surface area contributed by atoms with Crippen molar-refractivity contribution in [3.63, 3.8) is 0 Å². The van der Waals surface area contributed by atoms with Crippen LogP contribution in [0.5, 0.6) is 0 Å². The van der Waals surface area contributed by atoms with Crippen molar-refractivity contribution in [3.05, 3.63) is 59.1 Å². The number of carbonyl (C=O) groups is 2. The first-order valence-corrected chi connectivity index (χ1v) is 7.48. The maximum Gasteiger partial charge on any atom is 0.239 e. The highest BCUT2D eigenvalue weighted by molar-refractivity contribution is 6.36. The zero-order chi connectivity index (χ0) is 16.6. The van der Waals surface area contributed by atoms with Crippen LogP contribution in [-0.2, 0) is 4.79 Å². The first-order chi connectivity index (χ1) is 11.0. The van der Waals surface area contributed by atoms with Gasteiger partial charge in [-0.05, 0) is 24.3 Å². The summed E-state index contributed by atoms with van der Waals surface area (Å²) >= 11 is 6.12. The van der Waals surface area contributed by atoms with Crippen molar-refractivity contribution in [1.82, 2.24) is 0 Å². The number of fused-ring (bicyclic) bond motifs is 1. The number of aliphatic hydroxyl groups is 1. The Bertz CT molecular complexity index is 764. The number of nitrogens with one attached hydrogen (secondary N) is 1. The zero-order valence-electron chi connectivity index (χ0n) is 12.4. The minimum absolute atomic E-state index is 0.259. The number of para-hydroxylation sites is 1. The summed E-state index contributed by atoms with van der Waals surface area (Å²) in [6.07, 6.45) is -1.25. The van der Waals surface area contributed by atoms with Crippen molar-refractivity contribution in [1.29, 1.82) is 0 Å². The van der Waals surface area contributed by atoms with E-state index in [1.165, 1.54) is 4.90 Å². The SMILES string of the molecule is CN1c2cccc(Cl)c2C(=O)C(C(=O)Nc2ccccc2)C1O. The van der Waals surface area contributed by atoms with E-state index in [1.54, 1.807) is 49.5 Å². The average molecular weight is 331 g/mol. The summed E-state index contributed by atoms with van der Waals surface area (Å²) in [4.78, 5) is 26.7. The van der Waals surface area contributed by atoms with Crippen LogP contribution in [-0.4, -0.2) is 30.1 Å². The van der Waals surface area contributed by atoms with Crippen LogP contribution in [0.15, 0.2) is 48.5 Å². The van der Waals surface area contributed by atoms with Crippen LogP contribution in [0.4, 0.5) is 11.4 Å². The number of carbonyl (C=O) groups excluding carboxylic acids is 2. The van der Waals surface area contributed by atoms with Gasteiger partial charge in [-0.15, -0.1) is 0 Å². The lowest BCUT2D eigenvalue weighted by atomic mass is 9.88. The first-order valence-electron chi connectivity index (χ1n) is 7.10. The molecule has 23 heavy (non-hydrogen) atoms. The minimum atomic E-state index is -1.25. The van der Waals surface area contributed by atoms with E-state index in [4.69, 9.17) is 11.6 Å². The molecule has 1 amide bonds. The molecule has 2 unspecified atom stereocenters. The number of nitrogens with zero attached hydrogens (tertiary/aromatic N) is 1. The van der Waals surface area contributed by atoms with Gasteiger partial charge in [0.2, 0.25) is 5.91 Å². The smallest absolute Gasteiger partial charge is 0.239 e. The lowest BCUT2D eigenvalue weighted by molar-refractivity contribution is -0.121. The number of hydrogen-bond acceptors (Lipinski definition) is 4. The Morgan fingerprint density at radius 2 is 1.87 bits per heavy atom. The molecule has 5 nitrogen and oxygen atoms in total. The highest BCUT2D eigenvalue weighted by atomic mass is 35.5. The molecule has 0 radical (unpaired) electrons. The molecule has 0 spiro atoms. The molecule has 2 aromatic rings. The second kappa shape index (κ2) is 6.02. The van der Waals surface area contributed by atoms with E-state index < -0.39 is 23.8 Å². The Hall–Kier alpha value is -2.37. The van der Waals surface area contributed by atoms with Crippen LogP contribution >= 0.6 is 11.6 Å². The van der Waals surface area contributed by atoms with E-state index in [0.717, 1.165) is 0 Å². The first kappa shape index (κ1) is 15.5. The van der Waals surface area contributed by atoms with Gasteiger partial charge >= 0.3 is 0 Å². The fraction of sp³-hybridized carbons (Fsp3) is 0.176. The molecule has 0 saturated heterocycles. The van der Waals surface area contributed by atoms with E-state index in [9.17, 15) is 14.7 Å². The predicted molar refractivity (Wildman–Crippen MR) is 88.8 cm³/mol. The third-order valence-electron chi connectivity index (χ3n) is 3.92. The number of anilines is 2. The Morgan fingerprint density at radius 3 is 2.57 bits per heavy atom. The van der Waals surface area contributed by atoms with E-state index in [1.807, 2.05) is 6.07 Å². The summed E-state index contributed by atoms with van der Waals surface area (Å²) in [5.41, 5.74) is 1.33. The van der Waals surface area contributed by atoms with Crippen LogP contribution in [0.3, 0.4) is 0 Å². The molecule has 0 fully saturated rings. The quantitative estimate of drug-likeness (QED) is 0.830. The summed E-state index contributed by atoms with van der Waals surface area (Å²) in [5, 5.41) is 13.3. The fourth-order valence-electron chi connectivity index (χ4n) is 2.70. The van der Waals surface area contributed by atoms with E-state index >= 15 is 0 Å². The lowest BCUT2D eigenvalue weighted by Gasteiger charge is -2.36. The molecule has 0 aromatic heterocycles. The van der Waals surface area contributed by atoms with Gasteiger partial charge in [-0.1, -0.05) is 35.9 Å². The van der Waals surface area contributed by atoms with Crippen LogP contribution in [0.1, 0.15) is 10.4 Å². The monoisotopic (exact) mass is 330 g/mol. The molecule has 0 aliphatic carbocycles. The number of aliphatic hydroxyl groups excluding tert-OH is 1. The molecule has 2 atom stereocenters. The predicted octanol–water partition coefficient (Wildman–Crippen LogP) is 2.55. The van der Waals surface area contributed by atoms with E-state index in [0.29, 0.717) is 11.4 Å². The molecule has 6 heteroatoms. The zero-order valence-corrected chi connectivity index (χ0v) is 13.1. The molecule has 3 rings (SSSR count). The summed E-state index contributed by atoms with van der Waals surface area (Å²) in [5.74, 6) is -2.29. The molecule has 0 saturated carbocycles. The van der Waals surface area contributed by atoms with Crippen molar-refractivity contribution in [2.24, 2.45) is 5.92 Å². The maximum absolute atomic E-state index is 12.7. The molecule has 1 heterocycles. The molecule has 1 aliphatic rings. The fourth-order valence-corrected chi connectivity index (χ4v) is 2.97. The molecule has 118 valence electrons. The van der Waals surface area contributed by atoms with Crippen molar-refractivity contribution in [2.75, 3.05) is 17.3 Å². The molecule has 2 aromatic carbocycles.